The Morgan fingerprint density at radius 3 is 3.00 bits per heavy atom. The van der Waals surface area contributed by atoms with E-state index in [9.17, 15) is 4.79 Å². The first-order chi connectivity index (χ1) is 9.24. The molecule has 1 saturated heterocycles. The standard InChI is InChI=1S/C14H14N2OS2/c1-10-4-5-12(19-10)14-16(13(17)9-18-14)8-11-3-2-6-15-7-11/h2-7,14H,8-9H2,1H3. The molecule has 98 valence electrons. The van der Waals surface area contributed by atoms with Gasteiger partial charge in [-0.2, -0.15) is 0 Å². The van der Waals surface area contributed by atoms with E-state index in [2.05, 4.69) is 24.0 Å². The monoisotopic (exact) mass is 290 g/mol. The quantitative estimate of drug-likeness (QED) is 0.870. The van der Waals surface area contributed by atoms with Crippen LogP contribution in [0.3, 0.4) is 0 Å². The fourth-order valence-electron chi connectivity index (χ4n) is 2.14. The molecule has 0 saturated carbocycles. The zero-order chi connectivity index (χ0) is 13.2. The lowest BCUT2D eigenvalue weighted by molar-refractivity contribution is -0.128. The number of thioether (sulfide) groups is 1. The van der Waals surface area contributed by atoms with Crippen molar-refractivity contribution in [2.75, 3.05) is 5.75 Å². The van der Waals surface area contributed by atoms with Crippen LogP contribution in [0.4, 0.5) is 0 Å². The number of hydrogen-bond acceptors (Lipinski definition) is 4. The van der Waals surface area contributed by atoms with Gasteiger partial charge in [-0.1, -0.05) is 6.07 Å². The summed E-state index contributed by atoms with van der Waals surface area (Å²) in [5.41, 5.74) is 1.08. The van der Waals surface area contributed by atoms with Crippen molar-refractivity contribution < 1.29 is 4.79 Å². The Labute approximate surface area is 120 Å². The zero-order valence-electron chi connectivity index (χ0n) is 10.6. The molecule has 1 fully saturated rings. The van der Waals surface area contributed by atoms with E-state index in [4.69, 9.17) is 0 Å². The number of thiophene rings is 1. The third kappa shape index (κ3) is 2.67. The first-order valence-electron chi connectivity index (χ1n) is 6.10. The SMILES string of the molecule is Cc1ccc(C2SCC(=O)N2Cc2cccnc2)s1. The van der Waals surface area contributed by atoms with E-state index in [1.54, 1.807) is 29.3 Å². The minimum atomic E-state index is 0.159. The van der Waals surface area contributed by atoms with Gasteiger partial charge in [-0.05, 0) is 30.7 Å². The summed E-state index contributed by atoms with van der Waals surface area (Å²) in [5.74, 6) is 0.784. The van der Waals surface area contributed by atoms with E-state index < -0.39 is 0 Å². The average Bonchev–Trinajstić information content (AvgIpc) is 2.99. The molecule has 0 bridgehead atoms. The van der Waals surface area contributed by atoms with Gasteiger partial charge < -0.3 is 4.90 Å². The van der Waals surface area contributed by atoms with Crippen molar-refractivity contribution in [3.8, 4) is 0 Å². The molecule has 2 aromatic rings. The topological polar surface area (TPSA) is 33.2 Å². The smallest absolute Gasteiger partial charge is 0.234 e. The fourth-order valence-corrected chi connectivity index (χ4v) is 4.44. The van der Waals surface area contributed by atoms with Crippen LogP contribution in [0, 0.1) is 6.92 Å². The molecule has 3 heterocycles. The highest BCUT2D eigenvalue weighted by atomic mass is 32.2. The molecule has 1 aliphatic rings. The molecule has 0 aromatic carbocycles. The molecular formula is C14H14N2OS2. The lowest BCUT2D eigenvalue weighted by Gasteiger charge is -2.22. The van der Waals surface area contributed by atoms with Gasteiger partial charge in [-0.3, -0.25) is 9.78 Å². The largest absolute Gasteiger partial charge is 0.321 e. The molecule has 0 radical (unpaired) electrons. The lowest BCUT2D eigenvalue weighted by atomic mass is 10.2. The molecule has 2 aromatic heterocycles. The molecule has 1 atom stereocenters. The second-order valence-electron chi connectivity index (χ2n) is 4.49. The highest BCUT2D eigenvalue weighted by Gasteiger charge is 2.33. The minimum Gasteiger partial charge on any atom is -0.321 e. The normalized spacial score (nSPS) is 19.1. The predicted octanol–water partition coefficient (Wildman–Crippen LogP) is 3.23. The molecule has 1 aliphatic heterocycles. The maximum absolute atomic E-state index is 12.1. The second kappa shape index (κ2) is 5.35. The van der Waals surface area contributed by atoms with Gasteiger partial charge in [0.2, 0.25) is 5.91 Å². The van der Waals surface area contributed by atoms with Gasteiger partial charge in [0.25, 0.3) is 0 Å². The maximum atomic E-state index is 12.1. The molecule has 0 aliphatic carbocycles. The van der Waals surface area contributed by atoms with Gasteiger partial charge in [-0.15, -0.1) is 23.1 Å². The van der Waals surface area contributed by atoms with Crippen molar-refractivity contribution in [1.29, 1.82) is 0 Å². The van der Waals surface area contributed by atoms with E-state index in [1.807, 2.05) is 23.2 Å². The molecule has 0 spiro atoms. The molecule has 19 heavy (non-hydrogen) atoms. The Balaban J connectivity index is 1.83. The van der Waals surface area contributed by atoms with E-state index in [1.165, 1.54) is 9.75 Å². The number of aryl methyl sites for hydroxylation is 1. The number of carbonyl (C=O) groups excluding carboxylic acids is 1. The van der Waals surface area contributed by atoms with Crippen LogP contribution in [0.1, 0.15) is 20.7 Å². The summed E-state index contributed by atoms with van der Waals surface area (Å²) < 4.78 is 0. The Hall–Kier alpha value is -1.33. The molecule has 5 heteroatoms. The Bertz CT molecular complexity index is 582. The molecule has 0 N–H and O–H groups in total. The summed E-state index contributed by atoms with van der Waals surface area (Å²) in [6, 6.07) is 8.17. The third-order valence-electron chi connectivity index (χ3n) is 3.05. The van der Waals surface area contributed by atoms with Gasteiger partial charge >= 0.3 is 0 Å². The minimum absolute atomic E-state index is 0.159. The van der Waals surface area contributed by atoms with Crippen molar-refractivity contribution >= 4 is 29.0 Å². The van der Waals surface area contributed by atoms with Gasteiger partial charge in [0, 0.05) is 28.7 Å². The summed E-state index contributed by atoms with van der Waals surface area (Å²) in [6.45, 7) is 2.74. The number of hydrogen-bond donors (Lipinski definition) is 0. The first-order valence-corrected chi connectivity index (χ1v) is 7.97. The van der Waals surface area contributed by atoms with Crippen molar-refractivity contribution in [3.05, 3.63) is 52.0 Å². The van der Waals surface area contributed by atoms with Crippen molar-refractivity contribution in [2.24, 2.45) is 0 Å². The molecular weight excluding hydrogens is 276 g/mol. The van der Waals surface area contributed by atoms with E-state index >= 15 is 0 Å². The third-order valence-corrected chi connectivity index (χ3v) is 5.49. The number of carbonyl (C=O) groups is 1. The zero-order valence-corrected chi connectivity index (χ0v) is 12.2. The summed E-state index contributed by atoms with van der Waals surface area (Å²) >= 11 is 3.48. The van der Waals surface area contributed by atoms with Crippen LogP contribution in [-0.4, -0.2) is 21.5 Å². The summed E-state index contributed by atoms with van der Waals surface area (Å²) in [5, 5.41) is 0.159. The van der Waals surface area contributed by atoms with Crippen LogP contribution < -0.4 is 0 Å². The highest BCUT2D eigenvalue weighted by Crippen LogP contribution is 2.42. The second-order valence-corrected chi connectivity index (χ2v) is 6.88. The summed E-state index contributed by atoms with van der Waals surface area (Å²) in [7, 11) is 0. The van der Waals surface area contributed by atoms with Crippen molar-refractivity contribution in [1.82, 2.24) is 9.88 Å². The molecule has 1 amide bonds. The molecule has 1 unspecified atom stereocenters. The van der Waals surface area contributed by atoms with Gasteiger partial charge in [0.1, 0.15) is 5.37 Å². The number of aromatic nitrogens is 1. The van der Waals surface area contributed by atoms with Crippen LogP contribution in [0.25, 0.3) is 0 Å². The fraction of sp³-hybridized carbons (Fsp3) is 0.286. The van der Waals surface area contributed by atoms with Gasteiger partial charge in [-0.25, -0.2) is 0 Å². The molecule has 3 nitrogen and oxygen atoms in total. The lowest BCUT2D eigenvalue weighted by Crippen LogP contribution is -2.27. The van der Waals surface area contributed by atoms with Crippen LogP contribution in [0.2, 0.25) is 0 Å². The number of nitrogens with zero attached hydrogens (tertiary/aromatic N) is 2. The molecule has 3 rings (SSSR count). The van der Waals surface area contributed by atoms with Crippen LogP contribution in [0.15, 0.2) is 36.7 Å². The maximum Gasteiger partial charge on any atom is 0.234 e. The number of rotatable bonds is 3. The van der Waals surface area contributed by atoms with Crippen molar-refractivity contribution in [3.63, 3.8) is 0 Å². The first kappa shape index (κ1) is 12.7. The summed E-state index contributed by atoms with van der Waals surface area (Å²) in [4.78, 5) is 20.7. The van der Waals surface area contributed by atoms with Crippen LogP contribution in [-0.2, 0) is 11.3 Å². The highest BCUT2D eigenvalue weighted by molar-refractivity contribution is 8.00. The van der Waals surface area contributed by atoms with Gasteiger partial charge in [0.05, 0.1) is 5.75 Å². The van der Waals surface area contributed by atoms with E-state index in [0.717, 1.165) is 5.56 Å². The van der Waals surface area contributed by atoms with Gasteiger partial charge in [0.15, 0.2) is 0 Å². The Morgan fingerprint density at radius 2 is 2.32 bits per heavy atom. The van der Waals surface area contributed by atoms with E-state index in [-0.39, 0.29) is 11.3 Å². The number of amides is 1. The Morgan fingerprint density at radius 1 is 1.42 bits per heavy atom. The van der Waals surface area contributed by atoms with Crippen LogP contribution in [0.5, 0.6) is 0 Å². The van der Waals surface area contributed by atoms with E-state index in [0.29, 0.717) is 12.3 Å². The summed E-state index contributed by atoms with van der Waals surface area (Å²) in [6.07, 6.45) is 3.58. The Kier molecular flexibility index (Phi) is 3.57. The van der Waals surface area contributed by atoms with Crippen LogP contribution >= 0.6 is 23.1 Å². The predicted molar refractivity (Wildman–Crippen MR) is 79.0 cm³/mol. The van der Waals surface area contributed by atoms with Crippen molar-refractivity contribution in [2.45, 2.75) is 18.8 Å². The number of pyridine rings is 1. The average molecular weight is 290 g/mol.